The first-order chi connectivity index (χ1) is 12.5. The third-order valence-corrected chi connectivity index (χ3v) is 4.90. The van der Waals surface area contributed by atoms with Crippen LogP contribution >= 0.6 is 11.3 Å². The van der Waals surface area contributed by atoms with Gasteiger partial charge < -0.3 is 19.8 Å². The van der Waals surface area contributed by atoms with Gasteiger partial charge in [-0.05, 0) is 30.2 Å². The molecule has 0 atom stereocenters. The molecule has 0 saturated heterocycles. The van der Waals surface area contributed by atoms with Crippen LogP contribution in [0.3, 0.4) is 0 Å². The van der Waals surface area contributed by atoms with Gasteiger partial charge in [0.1, 0.15) is 10.7 Å². The van der Waals surface area contributed by atoms with Crippen LogP contribution in [0.2, 0.25) is 0 Å². The molecule has 0 spiro atoms. The number of aromatic amines is 1. The molecule has 0 bridgehead atoms. The number of methoxy groups -OCH3 is 2. The Morgan fingerprint density at radius 3 is 2.69 bits per heavy atom. The van der Waals surface area contributed by atoms with Gasteiger partial charge in [0.05, 0.1) is 26.2 Å². The van der Waals surface area contributed by atoms with Gasteiger partial charge in [-0.3, -0.25) is 4.79 Å². The molecule has 0 radical (unpaired) electrons. The van der Waals surface area contributed by atoms with Crippen molar-refractivity contribution in [1.29, 1.82) is 0 Å². The van der Waals surface area contributed by atoms with E-state index in [-0.39, 0.29) is 5.56 Å². The van der Waals surface area contributed by atoms with Gasteiger partial charge in [0, 0.05) is 10.9 Å². The van der Waals surface area contributed by atoms with Crippen molar-refractivity contribution in [3.8, 4) is 22.6 Å². The Morgan fingerprint density at radius 2 is 2.00 bits per heavy atom. The maximum absolute atomic E-state index is 12.7. The van der Waals surface area contributed by atoms with E-state index in [9.17, 15) is 4.79 Å². The molecule has 26 heavy (non-hydrogen) atoms. The zero-order valence-electron chi connectivity index (χ0n) is 15.4. The van der Waals surface area contributed by atoms with Crippen molar-refractivity contribution in [2.24, 2.45) is 5.92 Å². The Balaban J connectivity index is 1.97. The van der Waals surface area contributed by atoms with Crippen molar-refractivity contribution in [1.82, 2.24) is 15.3 Å². The minimum Gasteiger partial charge on any atom is -0.493 e. The van der Waals surface area contributed by atoms with Crippen LogP contribution in [-0.4, -0.2) is 30.7 Å². The summed E-state index contributed by atoms with van der Waals surface area (Å²) in [6, 6.07) is 5.63. The number of aromatic nitrogens is 2. The molecule has 2 heterocycles. The Morgan fingerprint density at radius 1 is 1.23 bits per heavy atom. The number of hydrogen-bond acceptors (Lipinski definition) is 6. The molecule has 2 aromatic heterocycles. The standard InChI is InChI=1S/C19H23N3O3S/c1-11(2)8-20-9-16-21-18(23)17-13(10-26-19(17)22-16)12-5-6-14(24-3)15(7-12)25-4/h5-7,10-11,20H,8-9H2,1-4H3,(H,21,22,23). The summed E-state index contributed by atoms with van der Waals surface area (Å²) < 4.78 is 10.6. The highest BCUT2D eigenvalue weighted by Crippen LogP contribution is 2.36. The van der Waals surface area contributed by atoms with Crippen molar-refractivity contribution in [2.45, 2.75) is 20.4 Å². The Kier molecular flexibility index (Phi) is 5.58. The van der Waals surface area contributed by atoms with E-state index in [0.29, 0.717) is 35.2 Å². The molecule has 2 N–H and O–H groups in total. The first-order valence-electron chi connectivity index (χ1n) is 8.47. The fourth-order valence-corrected chi connectivity index (χ4v) is 3.74. The van der Waals surface area contributed by atoms with Gasteiger partial charge in [0.15, 0.2) is 11.5 Å². The second-order valence-corrected chi connectivity index (χ2v) is 7.29. The number of rotatable bonds is 7. The number of nitrogens with zero attached hydrogens (tertiary/aromatic N) is 1. The van der Waals surface area contributed by atoms with Gasteiger partial charge in [-0.25, -0.2) is 4.98 Å². The molecule has 3 rings (SSSR count). The quantitative estimate of drug-likeness (QED) is 0.664. The van der Waals surface area contributed by atoms with E-state index in [1.807, 2.05) is 23.6 Å². The van der Waals surface area contributed by atoms with Crippen LogP contribution < -0.4 is 20.3 Å². The lowest BCUT2D eigenvalue weighted by Gasteiger charge is -2.09. The third kappa shape index (κ3) is 3.73. The largest absolute Gasteiger partial charge is 0.493 e. The highest BCUT2D eigenvalue weighted by atomic mass is 32.1. The summed E-state index contributed by atoms with van der Waals surface area (Å²) in [5.41, 5.74) is 1.62. The van der Waals surface area contributed by atoms with Crippen molar-refractivity contribution in [3.05, 3.63) is 39.8 Å². The predicted octanol–water partition coefficient (Wildman–Crippen LogP) is 3.41. The van der Waals surface area contributed by atoms with E-state index in [4.69, 9.17) is 9.47 Å². The monoisotopic (exact) mass is 373 g/mol. The Labute approximate surface area is 156 Å². The highest BCUT2D eigenvalue weighted by molar-refractivity contribution is 7.17. The number of thiophene rings is 1. The highest BCUT2D eigenvalue weighted by Gasteiger charge is 2.15. The number of nitrogens with one attached hydrogen (secondary N) is 2. The zero-order valence-corrected chi connectivity index (χ0v) is 16.2. The van der Waals surface area contributed by atoms with Crippen LogP contribution in [0.1, 0.15) is 19.7 Å². The van der Waals surface area contributed by atoms with Crippen LogP contribution in [0.25, 0.3) is 21.3 Å². The first kappa shape index (κ1) is 18.4. The molecule has 0 aliphatic rings. The molecule has 0 saturated carbocycles. The average molecular weight is 373 g/mol. The maximum Gasteiger partial charge on any atom is 0.260 e. The zero-order chi connectivity index (χ0) is 18.7. The predicted molar refractivity (Wildman–Crippen MR) is 105 cm³/mol. The van der Waals surface area contributed by atoms with Gasteiger partial charge >= 0.3 is 0 Å². The van der Waals surface area contributed by atoms with E-state index in [0.717, 1.165) is 22.5 Å². The lowest BCUT2D eigenvalue weighted by molar-refractivity contribution is 0.355. The second-order valence-electron chi connectivity index (χ2n) is 6.44. The van der Waals surface area contributed by atoms with Crippen LogP contribution in [0.5, 0.6) is 11.5 Å². The SMILES string of the molecule is COc1ccc(-c2csc3nc(CNCC(C)C)[nH]c(=O)c23)cc1OC. The van der Waals surface area contributed by atoms with Crippen molar-refractivity contribution >= 4 is 21.6 Å². The number of hydrogen-bond donors (Lipinski definition) is 2. The summed E-state index contributed by atoms with van der Waals surface area (Å²) in [6.45, 7) is 5.71. The topological polar surface area (TPSA) is 76.2 Å². The van der Waals surface area contributed by atoms with Gasteiger partial charge in [0.2, 0.25) is 0 Å². The van der Waals surface area contributed by atoms with E-state index < -0.39 is 0 Å². The third-order valence-electron chi connectivity index (χ3n) is 4.03. The Hall–Kier alpha value is -2.38. The van der Waals surface area contributed by atoms with Gasteiger partial charge in [-0.1, -0.05) is 19.9 Å². The summed E-state index contributed by atoms with van der Waals surface area (Å²) in [5.74, 6) is 2.48. The van der Waals surface area contributed by atoms with Crippen LogP contribution in [-0.2, 0) is 6.54 Å². The summed E-state index contributed by atoms with van der Waals surface area (Å²) in [5, 5.41) is 5.86. The van der Waals surface area contributed by atoms with Crippen LogP contribution in [0.4, 0.5) is 0 Å². The smallest absolute Gasteiger partial charge is 0.260 e. The van der Waals surface area contributed by atoms with Crippen LogP contribution in [0.15, 0.2) is 28.4 Å². The molecular weight excluding hydrogens is 350 g/mol. The van der Waals surface area contributed by atoms with Crippen molar-refractivity contribution in [2.75, 3.05) is 20.8 Å². The van der Waals surface area contributed by atoms with Crippen molar-refractivity contribution < 1.29 is 9.47 Å². The lowest BCUT2D eigenvalue weighted by atomic mass is 10.1. The molecule has 0 aliphatic heterocycles. The second kappa shape index (κ2) is 7.88. The average Bonchev–Trinajstić information content (AvgIpc) is 3.05. The van der Waals surface area contributed by atoms with Gasteiger partial charge in [-0.15, -0.1) is 11.3 Å². The summed E-state index contributed by atoms with van der Waals surface area (Å²) in [4.78, 5) is 20.9. The summed E-state index contributed by atoms with van der Waals surface area (Å²) in [6.07, 6.45) is 0. The molecule has 0 fully saturated rings. The van der Waals surface area contributed by atoms with Crippen LogP contribution in [0, 0.1) is 5.92 Å². The number of ether oxygens (including phenoxy) is 2. The molecule has 7 heteroatoms. The van der Waals surface area contributed by atoms with Gasteiger partial charge in [0.25, 0.3) is 5.56 Å². The molecule has 3 aromatic rings. The maximum atomic E-state index is 12.7. The normalized spacial score (nSPS) is 11.3. The summed E-state index contributed by atoms with van der Waals surface area (Å²) >= 11 is 1.47. The lowest BCUT2D eigenvalue weighted by Crippen LogP contribution is -2.22. The van der Waals surface area contributed by atoms with E-state index in [2.05, 4.69) is 29.1 Å². The number of benzene rings is 1. The van der Waals surface area contributed by atoms with Crippen molar-refractivity contribution in [3.63, 3.8) is 0 Å². The Bertz CT molecular complexity index is 962. The fourth-order valence-electron chi connectivity index (χ4n) is 2.77. The fraction of sp³-hybridized carbons (Fsp3) is 0.368. The minimum atomic E-state index is -0.123. The molecule has 0 aliphatic carbocycles. The molecular formula is C19H23N3O3S. The van der Waals surface area contributed by atoms with E-state index in [1.54, 1.807) is 14.2 Å². The molecule has 6 nitrogen and oxygen atoms in total. The first-order valence-corrected chi connectivity index (χ1v) is 9.35. The number of H-pyrrole nitrogens is 1. The summed E-state index contributed by atoms with van der Waals surface area (Å²) in [7, 11) is 3.19. The molecule has 0 amide bonds. The van der Waals surface area contributed by atoms with E-state index in [1.165, 1.54) is 11.3 Å². The van der Waals surface area contributed by atoms with Gasteiger partial charge in [-0.2, -0.15) is 0 Å². The minimum absolute atomic E-state index is 0.123. The molecule has 0 unspecified atom stereocenters. The molecule has 1 aromatic carbocycles. The molecule has 138 valence electrons. The number of fused-ring (bicyclic) bond motifs is 1. The van der Waals surface area contributed by atoms with E-state index >= 15 is 0 Å².